The molecule has 9 rings (SSSR count). The average Bonchev–Trinajstić information content (AvgIpc) is 3.19. The molecule has 0 aliphatic carbocycles. The van der Waals surface area contributed by atoms with E-state index in [0.29, 0.717) is 0 Å². The van der Waals surface area contributed by atoms with E-state index in [2.05, 4.69) is 192 Å². The first-order valence-electron chi connectivity index (χ1n) is 16.7. The molecule has 0 N–H and O–H groups in total. The van der Waals surface area contributed by atoms with E-state index in [1.165, 1.54) is 65.7 Å². The molecule has 1 heterocycles. The molecule has 0 aliphatic heterocycles. The molecule has 0 amide bonds. The first-order valence-corrected chi connectivity index (χ1v) is 16.7. The van der Waals surface area contributed by atoms with Crippen molar-refractivity contribution in [3.05, 3.63) is 194 Å². The number of fused-ring (bicyclic) bond motifs is 6. The number of benzene rings is 8. The Labute approximate surface area is 286 Å². The van der Waals surface area contributed by atoms with Crippen molar-refractivity contribution in [3.63, 3.8) is 0 Å². The minimum atomic E-state index is 1.06. The van der Waals surface area contributed by atoms with Gasteiger partial charge in [0.2, 0.25) is 0 Å². The zero-order valence-electron chi connectivity index (χ0n) is 26.9. The van der Waals surface area contributed by atoms with Gasteiger partial charge >= 0.3 is 0 Å². The third-order valence-corrected chi connectivity index (χ3v) is 9.51. The van der Waals surface area contributed by atoms with Crippen molar-refractivity contribution >= 4 is 49.4 Å². The van der Waals surface area contributed by atoms with Crippen LogP contribution in [0.4, 0.5) is 17.1 Å². The summed E-state index contributed by atoms with van der Waals surface area (Å²) in [5.74, 6) is 0. The maximum Gasteiger partial charge on any atom is 0.0492 e. The van der Waals surface area contributed by atoms with Crippen LogP contribution in [0.2, 0.25) is 0 Å². The van der Waals surface area contributed by atoms with Gasteiger partial charge in [-0.3, -0.25) is 4.98 Å². The van der Waals surface area contributed by atoms with Gasteiger partial charge in [-0.25, -0.2) is 0 Å². The maximum atomic E-state index is 4.32. The van der Waals surface area contributed by atoms with Crippen molar-refractivity contribution in [1.29, 1.82) is 0 Å². The molecule has 2 heteroatoms. The highest BCUT2D eigenvalue weighted by atomic mass is 15.1. The topological polar surface area (TPSA) is 16.1 Å². The Kier molecular flexibility index (Phi) is 7.18. The molecule has 0 unspecified atom stereocenters. The Bertz CT molecular complexity index is 2530. The molecule has 1 aromatic heterocycles. The van der Waals surface area contributed by atoms with Crippen LogP contribution in [0.25, 0.3) is 65.7 Å². The van der Waals surface area contributed by atoms with Gasteiger partial charge in [0.15, 0.2) is 0 Å². The Morgan fingerprint density at radius 1 is 0.327 bits per heavy atom. The summed E-state index contributed by atoms with van der Waals surface area (Å²) in [5.41, 5.74) is 10.6. The smallest absolute Gasteiger partial charge is 0.0492 e. The molecule has 0 spiro atoms. The number of hydrogen-bond acceptors (Lipinski definition) is 2. The van der Waals surface area contributed by atoms with E-state index >= 15 is 0 Å². The molecule has 0 saturated carbocycles. The maximum absolute atomic E-state index is 4.32. The third-order valence-electron chi connectivity index (χ3n) is 9.51. The predicted molar refractivity (Wildman–Crippen MR) is 208 cm³/mol. The van der Waals surface area contributed by atoms with E-state index < -0.39 is 0 Å². The quantitative estimate of drug-likeness (QED) is 0.171. The molecule has 0 radical (unpaired) electrons. The Morgan fingerprint density at radius 2 is 0.837 bits per heavy atom. The van der Waals surface area contributed by atoms with Gasteiger partial charge in [-0.15, -0.1) is 0 Å². The van der Waals surface area contributed by atoms with Crippen LogP contribution in [0.3, 0.4) is 0 Å². The number of anilines is 3. The first-order chi connectivity index (χ1) is 24.3. The van der Waals surface area contributed by atoms with E-state index in [1.807, 2.05) is 12.4 Å². The Hall–Kier alpha value is -6.51. The van der Waals surface area contributed by atoms with E-state index in [1.54, 1.807) is 0 Å². The van der Waals surface area contributed by atoms with Crippen LogP contribution in [0.1, 0.15) is 0 Å². The normalized spacial score (nSPS) is 11.3. The number of hydrogen-bond donors (Lipinski definition) is 0. The fraction of sp³-hybridized carbons (Fsp3) is 0. The summed E-state index contributed by atoms with van der Waals surface area (Å²) in [5, 5.41) is 7.47. The monoisotopic (exact) mass is 624 g/mol. The summed E-state index contributed by atoms with van der Waals surface area (Å²) in [4.78, 5) is 6.63. The lowest BCUT2D eigenvalue weighted by atomic mass is 9.81. The van der Waals surface area contributed by atoms with Gasteiger partial charge in [-0.2, -0.15) is 0 Å². The second-order valence-electron chi connectivity index (χ2n) is 12.3. The van der Waals surface area contributed by atoms with Gasteiger partial charge in [0.25, 0.3) is 0 Å². The molecule has 230 valence electrons. The lowest BCUT2D eigenvalue weighted by Crippen LogP contribution is -2.09. The van der Waals surface area contributed by atoms with Crippen LogP contribution in [0, 0.1) is 0 Å². The van der Waals surface area contributed by atoms with E-state index in [-0.39, 0.29) is 0 Å². The van der Waals surface area contributed by atoms with E-state index in [0.717, 1.165) is 17.1 Å². The SMILES string of the molecule is c1ccc(-c2cc(-c3ccccc3)c3c4ccccc4c4cc(N(c5ccccc5)c5ccncc5)ccc4c3c2-c2ccccc2)cc1. The molecule has 2 nitrogen and oxygen atoms in total. The van der Waals surface area contributed by atoms with Crippen molar-refractivity contribution in [3.8, 4) is 33.4 Å². The van der Waals surface area contributed by atoms with Crippen LogP contribution >= 0.6 is 0 Å². The van der Waals surface area contributed by atoms with E-state index in [4.69, 9.17) is 0 Å². The van der Waals surface area contributed by atoms with Gasteiger partial charge in [-0.05, 0) is 108 Å². The van der Waals surface area contributed by atoms with Gasteiger partial charge in [-0.1, -0.05) is 140 Å². The fourth-order valence-electron chi connectivity index (χ4n) is 7.39. The largest absolute Gasteiger partial charge is 0.310 e. The molecule has 0 aliphatic rings. The van der Waals surface area contributed by atoms with Gasteiger partial charge < -0.3 is 4.90 Å². The molecule has 8 aromatic carbocycles. The molecule has 0 fully saturated rings. The van der Waals surface area contributed by atoms with Gasteiger partial charge in [0.05, 0.1) is 0 Å². The highest BCUT2D eigenvalue weighted by Crippen LogP contribution is 2.50. The van der Waals surface area contributed by atoms with Crippen molar-refractivity contribution in [2.75, 3.05) is 4.90 Å². The molecule has 49 heavy (non-hydrogen) atoms. The lowest BCUT2D eigenvalue weighted by Gasteiger charge is -2.26. The summed E-state index contributed by atoms with van der Waals surface area (Å²) in [7, 11) is 0. The predicted octanol–water partition coefficient (Wildman–Crippen LogP) is 13.0. The van der Waals surface area contributed by atoms with Crippen molar-refractivity contribution < 1.29 is 0 Å². The zero-order valence-corrected chi connectivity index (χ0v) is 26.9. The average molecular weight is 625 g/mol. The van der Waals surface area contributed by atoms with Crippen LogP contribution < -0.4 is 4.90 Å². The molecular weight excluding hydrogens is 593 g/mol. The Balaban J connectivity index is 1.47. The van der Waals surface area contributed by atoms with Crippen molar-refractivity contribution in [2.24, 2.45) is 0 Å². The van der Waals surface area contributed by atoms with Crippen LogP contribution in [0.15, 0.2) is 194 Å². The molecule has 0 saturated heterocycles. The van der Waals surface area contributed by atoms with Crippen molar-refractivity contribution in [1.82, 2.24) is 4.98 Å². The van der Waals surface area contributed by atoms with Crippen molar-refractivity contribution in [2.45, 2.75) is 0 Å². The second-order valence-corrected chi connectivity index (χ2v) is 12.3. The molecule has 0 atom stereocenters. The lowest BCUT2D eigenvalue weighted by molar-refractivity contribution is 1.25. The van der Waals surface area contributed by atoms with Gasteiger partial charge in [0, 0.05) is 29.5 Å². The second kappa shape index (κ2) is 12.3. The summed E-state index contributed by atoms with van der Waals surface area (Å²) < 4.78 is 0. The Morgan fingerprint density at radius 3 is 1.49 bits per heavy atom. The number of pyridine rings is 1. The summed E-state index contributed by atoms with van der Waals surface area (Å²) >= 11 is 0. The molecular formula is C47H32N2. The minimum absolute atomic E-state index is 1.06. The number of rotatable bonds is 6. The highest BCUT2D eigenvalue weighted by Gasteiger charge is 2.22. The summed E-state index contributed by atoms with van der Waals surface area (Å²) in [6.45, 7) is 0. The number of nitrogens with zero attached hydrogens (tertiary/aromatic N) is 2. The zero-order chi connectivity index (χ0) is 32.6. The summed E-state index contributed by atoms with van der Waals surface area (Å²) in [6, 6.07) is 65.6. The highest BCUT2D eigenvalue weighted by molar-refractivity contribution is 6.33. The third kappa shape index (κ3) is 5.02. The van der Waals surface area contributed by atoms with Crippen LogP contribution in [-0.2, 0) is 0 Å². The number of aromatic nitrogens is 1. The molecule has 9 aromatic rings. The fourth-order valence-corrected chi connectivity index (χ4v) is 7.39. The summed E-state index contributed by atoms with van der Waals surface area (Å²) in [6.07, 6.45) is 3.72. The molecule has 0 bridgehead atoms. The van der Waals surface area contributed by atoms with E-state index in [9.17, 15) is 0 Å². The standard InChI is InChI=1S/C47H32N2/c1-5-15-33(16-6-1)42-32-43(34-17-7-2-8-18-34)46-40-24-14-13-23-39(40)44-31-38(25-26-41(44)47(46)45(42)35-19-9-3-10-20-35)49(36-21-11-4-12-22-36)37-27-29-48-30-28-37/h1-32H. The minimum Gasteiger partial charge on any atom is -0.310 e. The van der Waals surface area contributed by atoms with Gasteiger partial charge in [0.1, 0.15) is 0 Å². The van der Waals surface area contributed by atoms with Crippen LogP contribution in [-0.4, -0.2) is 4.98 Å². The van der Waals surface area contributed by atoms with Crippen LogP contribution in [0.5, 0.6) is 0 Å². The first kappa shape index (κ1) is 28.7. The number of para-hydroxylation sites is 1.